The van der Waals surface area contributed by atoms with Crippen LogP contribution in [0.4, 0.5) is 0 Å². The summed E-state index contributed by atoms with van der Waals surface area (Å²) in [5.41, 5.74) is 0. The van der Waals surface area contributed by atoms with Crippen molar-refractivity contribution in [3.8, 4) is 0 Å². The Hall–Kier alpha value is -0.530. The molecule has 0 saturated carbocycles. The van der Waals surface area contributed by atoms with Gasteiger partial charge in [0.1, 0.15) is 0 Å². The summed E-state index contributed by atoms with van der Waals surface area (Å²) in [6.45, 7) is 4.54. The van der Waals surface area contributed by atoms with Crippen LogP contribution in [0.1, 0.15) is 97.3 Å². The van der Waals surface area contributed by atoms with Gasteiger partial charge in [0.15, 0.2) is 0 Å². The predicted octanol–water partition coefficient (Wildman–Crippen LogP) is 5.46. The zero-order valence-electron chi connectivity index (χ0n) is 14.2. The molecule has 0 bridgehead atoms. The first-order chi connectivity index (χ1) is 9.74. The van der Waals surface area contributed by atoms with Crippen molar-refractivity contribution >= 4 is 5.91 Å². The highest BCUT2D eigenvalue weighted by atomic mass is 16.1. The molecule has 20 heavy (non-hydrogen) atoms. The highest BCUT2D eigenvalue weighted by Crippen LogP contribution is 2.23. The lowest BCUT2D eigenvalue weighted by atomic mass is 9.90. The summed E-state index contributed by atoms with van der Waals surface area (Å²) in [6.07, 6.45) is 16.7. The minimum atomic E-state index is 0.195. The molecule has 2 heteroatoms. The van der Waals surface area contributed by atoms with E-state index < -0.39 is 0 Å². The van der Waals surface area contributed by atoms with E-state index in [1.54, 1.807) is 7.05 Å². The second-order valence-corrected chi connectivity index (χ2v) is 6.13. The van der Waals surface area contributed by atoms with Crippen molar-refractivity contribution in [1.82, 2.24) is 5.32 Å². The molecule has 120 valence electrons. The molecule has 0 spiro atoms. The van der Waals surface area contributed by atoms with Crippen LogP contribution in [0.5, 0.6) is 0 Å². The SMILES string of the molecule is CCCCCCC(CCCCCC)CCCC(=O)NC. The van der Waals surface area contributed by atoms with Gasteiger partial charge in [0, 0.05) is 13.5 Å². The molecule has 1 amide bonds. The molecule has 0 heterocycles. The van der Waals surface area contributed by atoms with Crippen molar-refractivity contribution in [1.29, 1.82) is 0 Å². The van der Waals surface area contributed by atoms with E-state index in [1.165, 1.54) is 70.6 Å². The van der Waals surface area contributed by atoms with Gasteiger partial charge in [-0.25, -0.2) is 0 Å². The number of amides is 1. The largest absolute Gasteiger partial charge is 0.359 e. The van der Waals surface area contributed by atoms with Crippen LogP contribution in [0.2, 0.25) is 0 Å². The summed E-state index contributed by atoms with van der Waals surface area (Å²) in [5.74, 6) is 1.05. The summed E-state index contributed by atoms with van der Waals surface area (Å²) in [6, 6.07) is 0. The molecule has 0 saturated heterocycles. The fourth-order valence-corrected chi connectivity index (χ4v) is 2.83. The maximum absolute atomic E-state index is 11.3. The Morgan fingerprint density at radius 3 is 1.75 bits per heavy atom. The van der Waals surface area contributed by atoms with E-state index >= 15 is 0 Å². The van der Waals surface area contributed by atoms with E-state index in [9.17, 15) is 4.79 Å². The van der Waals surface area contributed by atoms with Crippen LogP contribution in [0.15, 0.2) is 0 Å². The first-order valence-electron chi connectivity index (χ1n) is 8.95. The molecule has 0 radical (unpaired) electrons. The van der Waals surface area contributed by atoms with Crippen molar-refractivity contribution in [2.75, 3.05) is 7.05 Å². The van der Waals surface area contributed by atoms with Gasteiger partial charge in [-0.3, -0.25) is 4.79 Å². The molecule has 0 aromatic heterocycles. The predicted molar refractivity (Wildman–Crippen MR) is 88.9 cm³/mol. The Labute approximate surface area is 127 Å². The minimum absolute atomic E-state index is 0.195. The highest BCUT2D eigenvalue weighted by Gasteiger charge is 2.09. The normalized spacial score (nSPS) is 11.0. The zero-order chi connectivity index (χ0) is 15.1. The summed E-state index contributed by atoms with van der Waals surface area (Å²) in [7, 11) is 1.73. The molecule has 1 N–H and O–H groups in total. The quantitative estimate of drug-likeness (QED) is 0.421. The molecule has 0 aliphatic carbocycles. The van der Waals surface area contributed by atoms with Gasteiger partial charge in [-0.2, -0.15) is 0 Å². The number of nitrogens with one attached hydrogen (secondary N) is 1. The lowest BCUT2D eigenvalue weighted by Crippen LogP contribution is -2.17. The fraction of sp³-hybridized carbons (Fsp3) is 0.944. The lowest BCUT2D eigenvalue weighted by Gasteiger charge is -2.16. The minimum Gasteiger partial charge on any atom is -0.359 e. The zero-order valence-corrected chi connectivity index (χ0v) is 14.2. The van der Waals surface area contributed by atoms with Crippen molar-refractivity contribution < 1.29 is 4.79 Å². The average molecular weight is 283 g/mol. The van der Waals surface area contributed by atoms with E-state index in [1.807, 2.05) is 0 Å². The number of hydrogen-bond acceptors (Lipinski definition) is 1. The molecule has 2 nitrogen and oxygen atoms in total. The lowest BCUT2D eigenvalue weighted by molar-refractivity contribution is -0.120. The van der Waals surface area contributed by atoms with E-state index in [0.29, 0.717) is 6.42 Å². The van der Waals surface area contributed by atoms with E-state index in [0.717, 1.165) is 12.3 Å². The van der Waals surface area contributed by atoms with Crippen molar-refractivity contribution in [2.45, 2.75) is 97.3 Å². The Morgan fingerprint density at radius 2 is 1.30 bits per heavy atom. The summed E-state index contributed by atoms with van der Waals surface area (Å²) in [4.78, 5) is 11.3. The van der Waals surface area contributed by atoms with Crippen molar-refractivity contribution in [2.24, 2.45) is 5.92 Å². The molecule has 0 unspecified atom stereocenters. The van der Waals surface area contributed by atoms with Gasteiger partial charge in [0.25, 0.3) is 0 Å². The van der Waals surface area contributed by atoms with Gasteiger partial charge in [0.05, 0.1) is 0 Å². The molecule has 0 aliphatic rings. The third-order valence-electron chi connectivity index (χ3n) is 4.23. The summed E-state index contributed by atoms with van der Waals surface area (Å²) < 4.78 is 0. The van der Waals surface area contributed by atoms with Crippen LogP contribution in [0, 0.1) is 5.92 Å². The molecular weight excluding hydrogens is 246 g/mol. The molecule has 0 fully saturated rings. The monoisotopic (exact) mass is 283 g/mol. The molecule has 0 atom stereocenters. The second kappa shape index (κ2) is 14.9. The van der Waals surface area contributed by atoms with Crippen LogP contribution in [0.3, 0.4) is 0 Å². The van der Waals surface area contributed by atoms with Crippen LogP contribution < -0.4 is 5.32 Å². The average Bonchev–Trinajstić information content (AvgIpc) is 2.47. The smallest absolute Gasteiger partial charge is 0.219 e. The van der Waals surface area contributed by atoms with Gasteiger partial charge in [-0.1, -0.05) is 78.1 Å². The summed E-state index contributed by atoms with van der Waals surface area (Å²) >= 11 is 0. The number of unbranched alkanes of at least 4 members (excludes halogenated alkanes) is 6. The first-order valence-corrected chi connectivity index (χ1v) is 8.95. The fourth-order valence-electron chi connectivity index (χ4n) is 2.83. The Bertz CT molecular complexity index is 203. The Kier molecular flexibility index (Phi) is 14.5. The molecule has 0 aromatic carbocycles. The van der Waals surface area contributed by atoms with Crippen molar-refractivity contribution in [3.63, 3.8) is 0 Å². The Balaban J connectivity index is 3.81. The van der Waals surface area contributed by atoms with Crippen LogP contribution in [-0.2, 0) is 4.79 Å². The van der Waals surface area contributed by atoms with E-state index in [4.69, 9.17) is 0 Å². The molecule has 0 aromatic rings. The molecule has 0 rings (SSSR count). The van der Waals surface area contributed by atoms with Crippen LogP contribution >= 0.6 is 0 Å². The van der Waals surface area contributed by atoms with Gasteiger partial charge in [0.2, 0.25) is 5.91 Å². The Morgan fingerprint density at radius 1 is 0.800 bits per heavy atom. The molecular formula is C18H37NO. The van der Waals surface area contributed by atoms with Crippen LogP contribution in [0.25, 0.3) is 0 Å². The maximum atomic E-state index is 11.3. The number of carbonyl (C=O) groups is 1. The maximum Gasteiger partial charge on any atom is 0.219 e. The molecule has 0 aliphatic heterocycles. The van der Waals surface area contributed by atoms with E-state index in [2.05, 4.69) is 19.2 Å². The third-order valence-corrected chi connectivity index (χ3v) is 4.23. The van der Waals surface area contributed by atoms with Crippen LogP contribution in [-0.4, -0.2) is 13.0 Å². The second-order valence-electron chi connectivity index (χ2n) is 6.13. The van der Waals surface area contributed by atoms with Crippen molar-refractivity contribution in [3.05, 3.63) is 0 Å². The standard InChI is InChI=1S/C18H37NO/c1-4-6-8-10-13-17(14-11-9-7-5-2)15-12-16-18(20)19-3/h17H,4-16H2,1-3H3,(H,19,20). The van der Waals surface area contributed by atoms with Gasteiger partial charge in [-0.15, -0.1) is 0 Å². The van der Waals surface area contributed by atoms with Gasteiger partial charge >= 0.3 is 0 Å². The summed E-state index contributed by atoms with van der Waals surface area (Å²) in [5, 5.41) is 2.72. The number of hydrogen-bond donors (Lipinski definition) is 1. The van der Waals surface area contributed by atoms with Gasteiger partial charge < -0.3 is 5.32 Å². The van der Waals surface area contributed by atoms with E-state index in [-0.39, 0.29) is 5.91 Å². The number of rotatable bonds is 14. The topological polar surface area (TPSA) is 29.1 Å². The third kappa shape index (κ3) is 12.5. The van der Waals surface area contributed by atoms with Gasteiger partial charge in [-0.05, 0) is 18.8 Å². The number of carbonyl (C=O) groups excluding carboxylic acids is 1. The first kappa shape index (κ1) is 19.5. The highest BCUT2D eigenvalue weighted by molar-refractivity contribution is 5.75.